The fourth-order valence-corrected chi connectivity index (χ4v) is 1.82. The van der Waals surface area contributed by atoms with Crippen LogP contribution in [0.25, 0.3) is 0 Å². The van der Waals surface area contributed by atoms with Crippen molar-refractivity contribution in [1.82, 2.24) is 0 Å². The fourth-order valence-electron chi connectivity index (χ4n) is 1.70. The van der Waals surface area contributed by atoms with Crippen molar-refractivity contribution in [3.8, 4) is 11.5 Å². The van der Waals surface area contributed by atoms with E-state index < -0.39 is 0 Å². The molecule has 0 atom stereocenters. The Morgan fingerprint density at radius 2 is 1.62 bits per heavy atom. The molecule has 8 heteroatoms. The lowest BCUT2D eigenvalue weighted by Gasteiger charge is -2.06. The Balaban J connectivity index is 0.00000105. The quantitative estimate of drug-likeness (QED) is 0.156. The zero-order chi connectivity index (χ0) is 19.2. The largest absolute Gasteiger partial charge is 0.457 e. The maximum atomic E-state index is 10.2. The summed E-state index contributed by atoms with van der Waals surface area (Å²) in [6.45, 7) is 0.306. The average Bonchev–Trinajstić information content (AvgIpc) is 2.65. The number of ether oxygens (including phenoxy) is 2. The first-order valence-electron chi connectivity index (χ1n) is 7.67. The molecule has 0 radical (unpaired) electrons. The smallest absolute Gasteiger partial charge is 0.200 e. The number of benzene rings is 2. The second-order valence-electron chi connectivity index (χ2n) is 4.86. The van der Waals surface area contributed by atoms with Crippen LogP contribution in [-0.4, -0.2) is 32.9 Å². The van der Waals surface area contributed by atoms with Crippen LogP contribution >= 0.6 is 11.6 Å². The van der Waals surface area contributed by atoms with E-state index in [2.05, 4.69) is 20.1 Å². The summed E-state index contributed by atoms with van der Waals surface area (Å²) < 4.78 is 9.94. The molecule has 26 heavy (non-hydrogen) atoms. The predicted molar refractivity (Wildman–Crippen MR) is 102 cm³/mol. The van der Waals surface area contributed by atoms with E-state index in [4.69, 9.17) is 22.2 Å². The first kappa shape index (κ1) is 21.3. The molecule has 0 fully saturated rings. The number of aldehydes is 1. The molecule has 0 saturated carbocycles. The van der Waals surface area contributed by atoms with Crippen LogP contribution in [-0.2, 0) is 9.53 Å². The summed E-state index contributed by atoms with van der Waals surface area (Å²) in [5.74, 6) is 6.94. The molecule has 2 aromatic carbocycles. The van der Waals surface area contributed by atoms with Crippen molar-refractivity contribution in [1.29, 1.82) is 0 Å². The summed E-state index contributed by atoms with van der Waals surface area (Å²) in [5.41, 5.74) is 0.700. The summed E-state index contributed by atoms with van der Waals surface area (Å²) in [6, 6.07) is 14.2. The number of azo groups is 1. The maximum absolute atomic E-state index is 10.2. The number of hydrogen-bond donors (Lipinski definition) is 1. The molecule has 0 aliphatic heterocycles. The van der Waals surface area contributed by atoms with Crippen LogP contribution in [0.15, 0.2) is 63.9 Å². The number of rotatable bonds is 6. The van der Waals surface area contributed by atoms with Crippen LogP contribution in [0.1, 0.15) is 12.0 Å². The molecule has 2 rings (SSSR count). The lowest BCUT2D eigenvalue weighted by molar-refractivity contribution is -0.107. The number of carbonyl (C=O) groups excluding carboxylic acids is 1. The molecule has 0 bridgehead atoms. The van der Waals surface area contributed by atoms with Gasteiger partial charge in [-0.15, -0.1) is 5.11 Å². The van der Waals surface area contributed by atoms with Gasteiger partial charge in [0.15, 0.2) is 5.84 Å². The molecule has 0 amide bonds. The number of nitrogens with zero attached hydrogens (tertiary/aromatic N) is 3. The third-order valence-corrected chi connectivity index (χ3v) is 3.05. The number of carbonyl (C=O) groups is 1. The first-order chi connectivity index (χ1) is 12.6. The van der Waals surface area contributed by atoms with Crippen molar-refractivity contribution in [2.45, 2.75) is 6.42 Å². The Morgan fingerprint density at radius 3 is 2.12 bits per heavy atom. The minimum atomic E-state index is 0.286. The van der Waals surface area contributed by atoms with E-state index in [1.165, 1.54) is 0 Å². The molecular weight excluding hydrogens is 356 g/mol. The first-order valence-corrected chi connectivity index (χ1v) is 8.05. The Kier molecular flexibility index (Phi) is 10.3. The minimum absolute atomic E-state index is 0.286. The van der Waals surface area contributed by atoms with Crippen molar-refractivity contribution in [3.63, 3.8) is 0 Å². The summed E-state index contributed by atoms with van der Waals surface area (Å²) in [4.78, 5) is 10.2. The molecule has 2 aromatic rings. The van der Waals surface area contributed by atoms with Crippen molar-refractivity contribution >= 4 is 23.7 Å². The third-order valence-electron chi connectivity index (χ3n) is 2.80. The molecule has 0 spiro atoms. The molecule has 0 saturated heterocycles. The van der Waals surface area contributed by atoms with Gasteiger partial charge < -0.3 is 20.1 Å². The van der Waals surface area contributed by atoms with E-state index in [-0.39, 0.29) is 5.84 Å². The van der Waals surface area contributed by atoms with Gasteiger partial charge in [-0.3, -0.25) is 0 Å². The van der Waals surface area contributed by atoms with Crippen molar-refractivity contribution in [3.05, 3.63) is 59.1 Å². The third kappa shape index (κ3) is 7.87. The van der Waals surface area contributed by atoms with Gasteiger partial charge in [0.2, 0.25) is 0 Å². The fraction of sp³-hybridized carbons (Fsp3) is 0.222. The second kappa shape index (κ2) is 12.6. The van der Waals surface area contributed by atoms with Gasteiger partial charge in [0.25, 0.3) is 0 Å². The number of methoxy groups -OCH3 is 1. The topological polar surface area (TPSA) is 98.6 Å². The van der Waals surface area contributed by atoms with Crippen molar-refractivity contribution in [2.24, 2.45) is 21.2 Å². The van der Waals surface area contributed by atoms with E-state index in [9.17, 15) is 4.79 Å². The molecule has 0 aliphatic rings. The second-order valence-corrected chi connectivity index (χ2v) is 5.30. The molecule has 0 heterocycles. The highest BCUT2D eigenvalue weighted by atomic mass is 35.5. The van der Waals surface area contributed by atoms with Gasteiger partial charge >= 0.3 is 0 Å². The zero-order valence-corrected chi connectivity index (χ0v) is 15.4. The van der Waals surface area contributed by atoms with E-state index in [0.29, 0.717) is 35.1 Å². The summed E-state index contributed by atoms with van der Waals surface area (Å²) >= 11 is 5.83. The number of nitrogens with two attached hydrogens (primary N) is 1. The zero-order valence-electron chi connectivity index (χ0n) is 14.6. The molecule has 2 N–H and O–H groups in total. The van der Waals surface area contributed by atoms with Gasteiger partial charge in [-0.1, -0.05) is 11.6 Å². The normalized spacial score (nSPS) is 11.0. The van der Waals surface area contributed by atoms with Crippen molar-refractivity contribution in [2.75, 3.05) is 20.8 Å². The number of hydrogen-bond acceptors (Lipinski definition) is 6. The highest BCUT2D eigenvalue weighted by Crippen LogP contribution is 2.23. The monoisotopic (exact) mass is 376 g/mol. The van der Waals surface area contributed by atoms with E-state index in [1.807, 2.05) is 0 Å². The maximum Gasteiger partial charge on any atom is 0.200 e. The Labute approximate surface area is 157 Å². The van der Waals surface area contributed by atoms with Gasteiger partial charge in [-0.2, -0.15) is 10.2 Å². The Morgan fingerprint density at radius 1 is 1.08 bits per heavy atom. The molecule has 0 aliphatic carbocycles. The summed E-state index contributed by atoms with van der Waals surface area (Å²) in [6.07, 6.45) is 1.09. The van der Waals surface area contributed by atoms with E-state index in [0.717, 1.165) is 6.29 Å². The highest BCUT2D eigenvalue weighted by Gasteiger charge is 2.03. The molecule has 0 unspecified atom stereocenters. The average molecular weight is 377 g/mol. The molecular formula is C18H21ClN4O3. The van der Waals surface area contributed by atoms with Gasteiger partial charge in [0, 0.05) is 31.2 Å². The molecule has 0 aromatic heterocycles. The van der Waals surface area contributed by atoms with Gasteiger partial charge in [0.05, 0.1) is 6.54 Å². The van der Waals surface area contributed by atoms with Crippen LogP contribution < -0.4 is 10.6 Å². The number of hydrazone groups is 1. The van der Waals surface area contributed by atoms with Gasteiger partial charge in [-0.25, -0.2) is 0 Å². The minimum Gasteiger partial charge on any atom is -0.457 e. The molecule has 138 valence electrons. The van der Waals surface area contributed by atoms with E-state index in [1.54, 1.807) is 62.8 Å². The predicted octanol–water partition coefficient (Wildman–Crippen LogP) is 4.06. The van der Waals surface area contributed by atoms with Crippen LogP contribution in [0.2, 0.25) is 5.02 Å². The van der Waals surface area contributed by atoms with Gasteiger partial charge in [-0.05, 0) is 48.5 Å². The van der Waals surface area contributed by atoms with Crippen LogP contribution in [0, 0.1) is 0 Å². The number of amidine groups is 1. The lowest BCUT2D eigenvalue weighted by atomic mass is 10.2. The Hall–Kier alpha value is -2.77. The van der Waals surface area contributed by atoms with Gasteiger partial charge in [0.1, 0.15) is 17.8 Å². The highest BCUT2D eigenvalue weighted by molar-refractivity contribution is 6.30. The SMILES string of the molecule is COC.N/N=C(\N=NCCC=O)c1ccc(Oc2ccc(Cl)cc2)cc1. The standard InChI is InChI=1S/C16H15ClN4O2.C2H6O/c17-13-4-8-15(9-5-13)23-14-6-2-12(3-7-14)16(20-18)21-19-10-1-11-22;1-3-2/h2-9,11H,1,10,18H2;1-2H3/b20-16-,21-19?;. The van der Waals surface area contributed by atoms with Crippen LogP contribution in [0.5, 0.6) is 11.5 Å². The summed E-state index contributed by atoms with van der Waals surface area (Å²) in [5, 5.41) is 12.0. The van der Waals surface area contributed by atoms with Crippen LogP contribution in [0.4, 0.5) is 0 Å². The van der Waals surface area contributed by atoms with Crippen molar-refractivity contribution < 1.29 is 14.3 Å². The molecule has 7 nitrogen and oxygen atoms in total. The number of halogens is 1. The Bertz CT molecular complexity index is 716. The summed E-state index contributed by atoms with van der Waals surface area (Å²) in [7, 11) is 3.25. The lowest BCUT2D eigenvalue weighted by Crippen LogP contribution is -2.00. The van der Waals surface area contributed by atoms with Crippen LogP contribution in [0.3, 0.4) is 0 Å². The van der Waals surface area contributed by atoms with E-state index >= 15 is 0 Å².